The second-order valence-electron chi connectivity index (χ2n) is 8.99. The summed E-state index contributed by atoms with van der Waals surface area (Å²) in [5, 5.41) is 2.76. The monoisotopic (exact) mass is 571 g/mol. The topological polar surface area (TPSA) is 86.8 Å². The standard InChI is InChI=1S/C29H34FN3O4S2/c1-5-27(29(35)31-6-2)32(19-22-9-11-23(30)12-10-22)28(34)20-33(24-13-7-21(3)8-14-24)39(36,37)26-17-15-25(38-4)16-18-26/h7-18,27H,5-6,19-20H2,1-4H3,(H,31,35)/t27-/m1/s1. The van der Waals surface area contributed by atoms with Crippen LogP contribution in [0.25, 0.3) is 0 Å². The Morgan fingerprint density at radius 2 is 1.56 bits per heavy atom. The van der Waals surface area contributed by atoms with Crippen LogP contribution >= 0.6 is 11.8 Å². The van der Waals surface area contributed by atoms with E-state index in [1.807, 2.05) is 13.2 Å². The Labute approximate surface area is 234 Å². The Morgan fingerprint density at radius 1 is 0.949 bits per heavy atom. The minimum atomic E-state index is -4.14. The van der Waals surface area contributed by atoms with Crippen LogP contribution in [0.1, 0.15) is 31.4 Å². The molecule has 3 aromatic rings. The molecule has 1 atom stereocenters. The fourth-order valence-corrected chi connectivity index (χ4v) is 5.94. The molecule has 0 unspecified atom stereocenters. The predicted octanol–water partition coefficient (Wildman–Crippen LogP) is 4.99. The number of nitrogens with zero attached hydrogens (tertiary/aromatic N) is 2. The minimum absolute atomic E-state index is 0.0129. The number of halogens is 1. The van der Waals surface area contributed by atoms with Gasteiger partial charge in [-0.1, -0.05) is 36.8 Å². The first-order chi connectivity index (χ1) is 18.6. The van der Waals surface area contributed by atoms with E-state index in [1.54, 1.807) is 62.4 Å². The van der Waals surface area contributed by atoms with Crippen LogP contribution in [-0.2, 0) is 26.2 Å². The summed E-state index contributed by atoms with van der Waals surface area (Å²) >= 11 is 1.49. The number of anilines is 1. The lowest BCUT2D eigenvalue weighted by molar-refractivity contribution is -0.140. The number of thioether (sulfide) groups is 1. The molecule has 208 valence electrons. The van der Waals surface area contributed by atoms with E-state index in [2.05, 4.69) is 5.32 Å². The van der Waals surface area contributed by atoms with E-state index in [9.17, 15) is 22.4 Å². The summed E-state index contributed by atoms with van der Waals surface area (Å²) in [5.74, 6) is -1.31. The number of likely N-dealkylation sites (N-methyl/N-ethyl adjacent to an activating group) is 1. The largest absolute Gasteiger partial charge is 0.355 e. The zero-order valence-corrected chi connectivity index (χ0v) is 24.2. The van der Waals surface area contributed by atoms with Crippen molar-refractivity contribution in [3.63, 3.8) is 0 Å². The van der Waals surface area contributed by atoms with Crippen molar-refractivity contribution >= 4 is 39.3 Å². The number of benzene rings is 3. The first-order valence-corrected chi connectivity index (χ1v) is 15.3. The van der Waals surface area contributed by atoms with Crippen molar-refractivity contribution in [3.05, 3.63) is 89.7 Å². The molecule has 10 heteroatoms. The third kappa shape index (κ3) is 7.60. The van der Waals surface area contributed by atoms with Gasteiger partial charge in [0.2, 0.25) is 11.8 Å². The Hall–Kier alpha value is -3.37. The summed E-state index contributed by atoms with van der Waals surface area (Å²) < 4.78 is 42.4. The summed E-state index contributed by atoms with van der Waals surface area (Å²) in [6, 6.07) is 18.2. The maximum Gasteiger partial charge on any atom is 0.264 e. The van der Waals surface area contributed by atoms with Gasteiger partial charge in [-0.2, -0.15) is 0 Å². The lowest BCUT2D eigenvalue weighted by Crippen LogP contribution is -2.52. The molecule has 0 fully saturated rings. The molecule has 0 bridgehead atoms. The van der Waals surface area contributed by atoms with Crippen LogP contribution in [0.5, 0.6) is 0 Å². The van der Waals surface area contributed by atoms with Gasteiger partial charge in [-0.3, -0.25) is 13.9 Å². The molecule has 7 nitrogen and oxygen atoms in total. The van der Waals surface area contributed by atoms with E-state index < -0.39 is 34.3 Å². The molecule has 0 radical (unpaired) electrons. The molecule has 2 amide bonds. The molecule has 0 aromatic heterocycles. The predicted molar refractivity (Wildman–Crippen MR) is 154 cm³/mol. The van der Waals surface area contributed by atoms with E-state index >= 15 is 0 Å². The lowest BCUT2D eigenvalue weighted by atomic mass is 10.1. The number of aryl methyl sites for hydroxylation is 1. The fraction of sp³-hybridized carbons (Fsp3) is 0.310. The molecular formula is C29H34FN3O4S2. The van der Waals surface area contributed by atoms with Gasteiger partial charge in [-0.25, -0.2) is 12.8 Å². The first kappa shape index (κ1) is 30.2. The van der Waals surface area contributed by atoms with Crippen LogP contribution in [0.3, 0.4) is 0 Å². The second-order valence-corrected chi connectivity index (χ2v) is 11.7. The number of hydrogen-bond donors (Lipinski definition) is 1. The van der Waals surface area contributed by atoms with Gasteiger partial charge >= 0.3 is 0 Å². The third-order valence-electron chi connectivity index (χ3n) is 6.25. The summed E-state index contributed by atoms with van der Waals surface area (Å²) in [5.41, 5.74) is 1.88. The van der Waals surface area contributed by atoms with Crippen LogP contribution in [0, 0.1) is 12.7 Å². The number of hydrogen-bond acceptors (Lipinski definition) is 5. The zero-order chi connectivity index (χ0) is 28.6. The third-order valence-corrected chi connectivity index (χ3v) is 8.78. The number of carbonyl (C=O) groups excluding carboxylic acids is 2. The SMILES string of the molecule is CCNC(=O)[C@@H](CC)N(Cc1ccc(F)cc1)C(=O)CN(c1ccc(C)cc1)S(=O)(=O)c1ccc(SC)cc1. The van der Waals surface area contributed by atoms with E-state index in [0.717, 1.165) is 14.8 Å². The Morgan fingerprint density at radius 3 is 2.10 bits per heavy atom. The number of carbonyl (C=O) groups is 2. The maximum absolute atomic E-state index is 13.9. The van der Waals surface area contributed by atoms with Crippen molar-refractivity contribution < 1.29 is 22.4 Å². The van der Waals surface area contributed by atoms with E-state index in [1.165, 1.54) is 40.9 Å². The van der Waals surface area contributed by atoms with E-state index in [-0.39, 0.29) is 17.3 Å². The molecule has 0 saturated carbocycles. The zero-order valence-electron chi connectivity index (χ0n) is 22.6. The Kier molecular flexibility index (Phi) is 10.5. The van der Waals surface area contributed by atoms with Gasteiger partial charge in [0.15, 0.2) is 0 Å². The molecule has 0 heterocycles. The molecule has 0 spiro atoms. The van der Waals surface area contributed by atoms with Gasteiger partial charge in [-0.15, -0.1) is 11.8 Å². The summed E-state index contributed by atoms with van der Waals surface area (Å²) in [6.07, 6.45) is 2.21. The molecule has 0 aliphatic heterocycles. The maximum atomic E-state index is 13.9. The van der Waals surface area contributed by atoms with E-state index in [4.69, 9.17) is 0 Å². The number of nitrogens with one attached hydrogen (secondary N) is 1. The second kappa shape index (κ2) is 13.6. The van der Waals surface area contributed by atoms with Crippen LogP contribution in [-0.4, -0.2) is 50.5 Å². The molecule has 1 N–H and O–H groups in total. The highest BCUT2D eigenvalue weighted by molar-refractivity contribution is 7.98. The average molecular weight is 572 g/mol. The van der Waals surface area contributed by atoms with Crippen molar-refractivity contribution in [1.82, 2.24) is 10.2 Å². The van der Waals surface area contributed by atoms with Crippen molar-refractivity contribution in [2.24, 2.45) is 0 Å². The molecule has 0 saturated heterocycles. The smallest absolute Gasteiger partial charge is 0.264 e. The van der Waals surface area contributed by atoms with Crippen molar-refractivity contribution in [2.75, 3.05) is 23.7 Å². The van der Waals surface area contributed by atoms with E-state index in [0.29, 0.717) is 24.2 Å². The summed E-state index contributed by atoms with van der Waals surface area (Å²) in [4.78, 5) is 29.2. The lowest BCUT2D eigenvalue weighted by Gasteiger charge is -2.33. The van der Waals surface area contributed by atoms with Gasteiger partial charge in [-0.05, 0) is 80.6 Å². The van der Waals surface area contributed by atoms with Gasteiger partial charge in [0.1, 0.15) is 18.4 Å². The molecule has 39 heavy (non-hydrogen) atoms. The highest BCUT2D eigenvalue weighted by Crippen LogP contribution is 2.26. The quantitative estimate of drug-likeness (QED) is 0.310. The first-order valence-electron chi connectivity index (χ1n) is 12.7. The molecule has 3 rings (SSSR count). The summed E-state index contributed by atoms with van der Waals surface area (Å²) in [7, 11) is -4.14. The van der Waals surface area contributed by atoms with Crippen LogP contribution < -0.4 is 9.62 Å². The Balaban J connectivity index is 2.04. The van der Waals surface area contributed by atoms with Gasteiger partial charge < -0.3 is 10.2 Å². The average Bonchev–Trinajstić information content (AvgIpc) is 2.93. The van der Waals surface area contributed by atoms with Gasteiger partial charge in [0, 0.05) is 18.0 Å². The van der Waals surface area contributed by atoms with Crippen LogP contribution in [0.4, 0.5) is 10.1 Å². The van der Waals surface area contributed by atoms with Crippen LogP contribution in [0.2, 0.25) is 0 Å². The van der Waals surface area contributed by atoms with Crippen molar-refractivity contribution in [2.45, 2.75) is 49.6 Å². The molecular weight excluding hydrogens is 537 g/mol. The number of rotatable bonds is 12. The fourth-order valence-electron chi connectivity index (χ4n) is 4.11. The summed E-state index contributed by atoms with van der Waals surface area (Å²) in [6.45, 7) is 5.32. The van der Waals surface area contributed by atoms with Crippen LogP contribution in [0.15, 0.2) is 82.6 Å². The van der Waals surface area contributed by atoms with Gasteiger partial charge in [0.05, 0.1) is 10.6 Å². The Bertz CT molecular complexity index is 1360. The minimum Gasteiger partial charge on any atom is -0.355 e. The molecule has 0 aliphatic carbocycles. The molecule has 0 aliphatic rings. The van der Waals surface area contributed by atoms with Crippen molar-refractivity contribution in [3.8, 4) is 0 Å². The van der Waals surface area contributed by atoms with Crippen molar-refractivity contribution in [1.29, 1.82) is 0 Å². The van der Waals surface area contributed by atoms with Gasteiger partial charge in [0.25, 0.3) is 10.0 Å². The number of sulfonamides is 1. The number of amides is 2. The highest BCUT2D eigenvalue weighted by atomic mass is 32.2. The normalized spacial score (nSPS) is 12.0. The highest BCUT2D eigenvalue weighted by Gasteiger charge is 2.33. The molecule has 3 aromatic carbocycles.